The Kier molecular flexibility index (Phi) is 4.87. The van der Waals surface area contributed by atoms with Crippen LogP contribution >= 0.6 is 11.3 Å². The summed E-state index contributed by atoms with van der Waals surface area (Å²) in [6, 6.07) is 2.10. The number of nitrogens with one attached hydrogen (secondary N) is 2. The number of rotatable bonds is 6. The van der Waals surface area contributed by atoms with Crippen LogP contribution in [0.1, 0.15) is 52.0 Å². The van der Waals surface area contributed by atoms with Gasteiger partial charge in [0.05, 0.1) is 16.8 Å². The molecule has 1 atom stereocenters. The van der Waals surface area contributed by atoms with Crippen LogP contribution in [0.5, 0.6) is 0 Å². The molecule has 0 aromatic carbocycles. The first-order chi connectivity index (χ1) is 10.8. The molecule has 2 aromatic rings. The number of aryl methyl sites for hydroxylation is 1. The van der Waals surface area contributed by atoms with E-state index in [1.807, 2.05) is 0 Å². The van der Waals surface area contributed by atoms with E-state index in [9.17, 15) is 4.79 Å². The summed E-state index contributed by atoms with van der Waals surface area (Å²) in [5.74, 6) is 0.838. The number of hydrogen-bond acceptors (Lipinski definition) is 4. The Hall–Kier alpha value is -1.69. The summed E-state index contributed by atoms with van der Waals surface area (Å²) in [7, 11) is 0. The summed E-state index contributed by atoms with van der Waals surface area (Å²) in [5, 5.41) is 13.3. The SMILES string of the molecule is CCC[C@H]1CCc2sc(C(=O)NCCc3cn[nH]n3)cc2C1. The predicted molar refractivity (Wildman–Crippen MR) is 87.2 cm³/mol. The van der Waals surface area contributed by atoms with Crippen molar-refractivity contribution in [3.05, 3.63) is 33.3 Å². The third kappa shape index (κ3) is 3.55. The summed E-state index contributed by atoms with van der Waals surface area (Å²) in [6.45, 7) is 2.84. The molecule has 0 spiro atoms. The molecule has 22 heavy (non-hydrogen) atoms. The van der Waals surface area contributed by atoms with E-state index >= 15 is 0 Å². The van der Waals surface area contributed by atoms with Crippen LogP contribution in [0.3, 0.4) is 0 Å². The topological polar surface area (TPSA) is 70.7 Å². The fourth-order valence-corrected chi connectivity index (χ4v) is 4.23. The van der Waals surface area contributed by atoms with Gasteiger partial charge in [-0.2, -0.15) is 15.4 Å². The Morgan fingerprint density at radius 3 is 3.23 bits per heavy atom. The standard InChI is InChI=1S/C16H22N4OS/c1-2-3-11-4-5-14-12(8-11)9-15(22-14)16(21)17-7-6-13-10-18-20-19-13/h9-11H,2-8H2,1H3,(H,17,21)(H,18,19,20)/t11-/m0/s1. The monoisotopic (exact) mass is 318 g/mol. The van der Waals surface area contributed by atoms with Crippen LogP contribution in [-0.2, 0) is 19.3 Å². The second-order valence-corrected chi connectivity index (χ2v) is 7.06. The van der Waals surface area contributed by atoms with Crippen LogP contribution in [0.2, 0.25) is 0 Å². The highest BCUT2D eigenvalue weighted by molar-refractivity contribution is 7.14. The van der Waals surface area contributed by atoms with Gasteiger partial charge in [0, 0.05) is 17.8 Å². The maximum Gasteiger partial charge on any atom is 0.261 e. The fourth-order valence-electron chi connectivity index (χ4n) is 3.10. The quantitative estimate of drug-likeness (QED) is 0.860. The summed E-state index contributed by atoms with van der Waals surface area (Å²) >= 11 is 1.67. The first-order valence-electron chi connectivity index (χ1n) is 8.00. The smallest absolute Gasteiger partial charge is 0.261 e. The number of H-pyrrole nitrogens is 1. The minimum Gasteiger partial charge on any atom is -0.351 e. The molecule has 0 aliphatic heterocycles. The predicted octanol–water partition coefficient (Wildman–Crippen LogP) is 2.74. The number of thiophene rings is 1. The van der Waals surface area contributed by atoms with Crippen LogP contribution < -0.4 is 5.32 Å². The Morgan fingerprint density at radius 2 is 2.45 bits per heavy atom. The van der Waals surface area contributed by atoms with Gasteiger partial charge in [-0.1, -0.05) is 19.8 Å². The number of carbonyl (C=O) groups is 1. The van der Waals surface area contributed by atoms with Crippen molar-refractivity contribution in [3.63, 3.8) is 0 Å². The van der Waals surface area contributed by atoms with E-state index in [4.69, 9.17) is 0 Å². The molecule has 3 rings (SSSR count). The summed E-state index contributed by atoms with van der Waals surface area (Å²) in [5.41, 5.74) is 2.27. The molecule has 0 fully saturated rings. The highest BCUT2D eigenvalue weighted by atomic mass is 32.1. The zero-order valence-corrected chi connectivity index (χ0v) is 13.7. The lowest BCUT2D eigenvalue weighted by molar-refractivity contribution is 0.0958. The molecule has 1 aliphatic rings. The van der Waals surface area contributed by atoms with Gasteiger partial charge in [-0.25, -0.2) is 0 Å². The van der Waals surface area contributed by atoms with Crippen LogP contribution in [-0.4, -0.2) is 27.9 Å². The fraction of sp³-hybridized carbons (Fsp3) is 0.562. The summed E-state index contributed by atoms with van der Waals surface area (Å²) < 4.78 is 0. The number of aromatic amines is 1. The molecule has 118 valence electrons. The van der Waals surface area contributed by atoms with Gasteiger partial charge in [0.1, 0.15) is 0 Å². The average Bonchev–Trinajstić information content (AvgIpc) is 3.16. The maximum atomic E-state index is 12.3. The molecule has 1 aliphatic carbocycles. The second-order valence-electron chi connectivity index (χ2n) is 5.92. The Labute approximate surface area is 134 Å². The van der Waals surface area contributed by atoms with Crippen molar-refractivity contribution >= 4 is 17.2 Å². The van der Waals surface area contributed by atoms with Crippen molar-refractivity contribution in [3.8, 4) is 0 Å². The third-order valence-electron chi connectivity index (χ3n) is 4.24. The number of aromatic nitrogens is 3. The summed E-state index contributed by atoms with van der Waals surface area (Å²) in [6.07, 6.45) is 8.49. The molecule has 0 saturated heterocycles. The van der Waals surface area contributed by atoms with Gasteiger partial charge >= 0.3 is 0 Å². The zero-order chi connectivity index (χ0) is 15.4. The lowest BCUT2D eigenvalue weighted by atomic mass is 9.85. The molecule has 0 bridgehead atoms. The van der Waals surface area contributed by atoms with Gasteiger partial charge in [0.25, 0.3) is 5.91 Å². The van der Waals surface area contributed by atoms with E-state index in [1.54, 1.807) is 17.5 Å². The van der Waals surface area contributed by atoms with Gasteiger partial charge in [0.15, 0.2) is 0 Å². The zero-order valence-electron chi connectivity index (χ0n) is 12.9. The first kappa shape index (κ1) is 15.2. The van der Waals surface area contributed by atoms with Crippen LogP contribution in [0.4, 0.5) is 0 Å². The highest BCUT2D eigenvalue weighted by Crippen LogP contribution is 2.34. The average molecular weight is 318 g/mol. The Balaban J connectivity index is 1.55. The van der Waals surface area contributed by atoms with E-state index in [0.29, 0.717) is 13.0 Å². The summed E-state index contributed by atoms with van der Waals surface area (Å²) in [4.78, 5) is 14.5. The Morgan fingerprint density at radius 1 is 1.55 bits per heavy atom. The lowest BCUT2D eigenvalue weighted by Crippen LogP contribution is -2.24. The van der Waals surface area contributed by atoms with Crippen molar-refractivity contribution in [1.82, 2.24) is 20.7 Å². The minimum atomic E-state index is 0.0370. The molecule has 0 saturated carbocycles. The first-order valence-corrected chi connectivity index (χ1v) is 8.82. The van der Waals surface area contributed by atoms with Gasteiger partial charge in [-0.3, -0.25) is 4.79 Å². The van der Waals surface area contributed by atoms with E-state index in [0.717, 1.165) is 29.3 Å². The third-order valence-corrected chi connectivity index (χ3v) is 5.47. The van der Waals surface area contributed by atoms with Crippen molar-refractivity contribution in [2.45, 2.75) is 45.4 Å². The van der Waals surface area contributed by atoms with Crippen molar-refractivity contribution < 1.29 is 4.79 Å². The molecular weight excluding hydrogens is 296 g/mol. The second kappa shape index (κ2) is 7.05. The van der Waals surface area contributed by atoms with Gasteiger partial charge < -0.3 is 5.32 Å². The molecule has 0 radical (unpaired) electrons. The van der Waals surface area contributed by atoms with Gasteiger partial charge in [0.2, 0.25) is 0 Å². The van der Waals surface area contributed by atoms with E-state index in [1.165, 1.54) is 29.7 Å². The van der Waals surface area contributed by atoms with E-state index < -0.39 is 0 Å². The number of nitrogens with zero attached hydrogens (tertiary/aromatic N) is 2. The molecule has 2 aromatic heterocycles. The molecule has 6 heteroatoms. The number of amides is 1. The van der Waals surface area contributed by atoms with Crippen molar-refractivity contribution in [2.75, 3.05) is 6.54 Å². The lowest BCUT2D eigenvalue weighted by Gasteiger charge is -2.21. The number of carbonyl (C=O) groups excluding carboxylic acids is 1. The Bertz CT molecular complexity index is 620. The van der Waals surface area contributed by atoms with Crippen LogP contribution in [0.25, 0.3) is 0 Å². The molecular formula is C16H22N4OS. The normalized spacial score (nSPS) is 17.2. The molecule has 2 N–H and O–H groups in total. The molecule has 5 nitrogen and oxygen atoms in total. The number of fused-ring (bicyclic) bond motifs is 1. The molecule has 0 unspecified atom stereocenters. The van der Waals surface area contributed by atoms with Crippen LogP contribution in [0, 0.1) is 5.92 Å². The van der Waals surface area contributed by atoms with Crippen molar-refractivity contribution in [2.24, 2.45) is 5.92 Å². The molecule has 1 amide bonds. The number of hydrogen-bond donors (Lipinski definition) is 2. The van der Waals surface area contributed by atoms with Gasteiger partial charge in [-0.05, 0) is 36.8 Å². The maximum absolute atomic E-state index is 12.3. The van der Waals surface area contributed by atoms with Crippen molar-refractivity contribution in [1.29, 1.82) is 0 Å². The minimum absolute atomic E-state index is 0.0370. The highest BCUT2D eigenvalue weighted by Gasteiger charge is 2.22. The molecule has 2 heterocycles. The van der Waals surface area contributed by atoms with E-state index in [-0.39, 0.29) is 5.91 Å². The van der Waals surface area contributed by atoms with Crippen LogP contribution in [0.15, 0.2) is 12.3 Å². The van der Waals surface area contributed by atoms with E-state index in [2.05, 4.69) is 33.7 Å². The largest absolute Gasteiger partial charge is 0.351 e. The van der Waals surface area contributed by atoms with Gasteiger partial charge in [-0.15, -0.1) is 11.3 Å².